The first kappa shape index (κ1) is 21.1. The molecule has 152 valence electrons. The number of rotatable bonds is 6. The van der Waals surface area contributed by atoms with E-state index in [1.807, 2.05) is 0 Å². The molecule has 2 fully saturated rings. The molecule has 2 aliphatic heterocycles. The quantitative estimate of drug-likeness (QED) is 0.439. The fraction of sp³-hybridized carbons (Fsp3) is 0.643. The maximum absolute atomic E-state index is 12.3. The van der Waals surface area contributed by atoms with E-state index in [-0.39, 0.29) is 6.42 Å². The van der Waals surface area contributed by atoms with E-state index in [4.69, 9.17) is 25.8 Å². The Bertz CT molecular complexity index is 764. The van der Waals surface area contributed by atoms with E-state index in [0.717, 1.165) is 0 Å². The molecule has 4 N–H and O–H groups in total. The van der Waals surface area contributed by atoms with Crippen LogP contribution in [0.4, 0.5) is 4.79 Å². The summed E-state index contributed by atoms with van der Waals surface area (Å²) >= 11 is 4.98. The van der Waals surface area contributed by atoms with Crippen molar-refractivity contribution in [2.75, 3.05) is 13.8 Å². The van der Waals surface area contributed by atoms with E-state index in [2.05, 4.69) is 11.9 Å². The molecule has 10 nitrogen and oxygen atoms in total. The first-order valence-electron chi connectivity index (χ1n) is 8.11. The minimum Gasteiger partial charge on any atom is -0.374 e. The van der Waals surface area contributed by atoms with Gasteiger partial charge in [0.1, 0.15) is 12.2 Å². The van der Waals surface area contributed by atoms with E-state index < -0.39 is 56.2 Å². The maximum atomic E-state index is 12.3. The third-order valence-electron chi connectivity index (χ3n) is 4.69. The number of nitrogens with one attached hydrogen (secondary N) is 1. The highest BCUT2D eigenvalue weighted by molar-refractivity contribution is 8.09. The maximum Gasteiger partial charge on any atom is 0.328 e. The Kier molecular flexibility index (Phi) is 5.73. The second-order valence-corrected chi connectivity index (χ2v) is 12.5. The zero-order valence-corrected chi connectivity index (χ0v) is 17.3. The van der Waals surface area contributed by atoms with Gasteiger partial charge in [0, 0.05) is 31.6 Å². The van der Waals surface area contributed by atoms with Gasteiger partial charge in [0.15, 0.2) is 12.7 Å². The Morgan fingerprint density at radius 1 is 1.41 bits per heavy atom. The number of allylic oxidation sites excluding steroid dienone is 1. The van der Waals surface area contributed by atoms with Crippen LogP contribution in [0, 0.1) is 5.92 Å². The fourth-order valence-electron chi connectivity index (χ4n) is 3.45. The number of hydrogen-bond donors (Lipinski definition) is 4. The third kappa shape index (κ3) is 4.53. The normalized spacial score (nSPS) is 38.6. The van der Waals surface area contributed by atoms with Crippen LogP contribution in [-0.2, 0) is 30.4 Å². The van der Waals surface area contributed by atoms with E-state index in [9.17, 15) is 24.0 Å². The number of urea groups is 1. The molecule has 0 aromatic rings. The number of nitrogens with zero attached hydrogens (tertiary/aromatic N) is 1. The molecule has 0 aromatic carbocycles. The highest BCUT2D eigenvalue weighted by atomic mass is 32.5. The van der Waals surface area contributed by atoms with Crippen molar-refractivity contribution in [1.82, 2.24) is 10.2 Å². The lowest BCUT2D eigenvalue weighted by molar-refractivity contribution is -0.0681. The Labute approximate surface area is 161 Å². The molecule has 7 atom stereocenters. The molecule has 0 aromatic heterocycles. The second-order valence-electron chi connectivity index (χ2n) is 6.80. The van der Waals surface area contributed by atoms with Crippen molar-refractivity contribution in [3.05, 3.63) is 24.6 Å². The molecule has 27 heavy (non-hydrogen) atoms. The van der Waals surface area contributed by atoms with Gasteiger partial charge in [0.05, 0.1) is 11.8 Å². The fourth-order valence-corrected chi connectivity index (χ4v) is 5.63. The van der Waals surface area contributed by atoms with E-state index in [1.54, 1.807) is 6.08 Å². The van der Waals surface area contributed by atoms with Gasteiger partial charge in [-0.25, -0.2) is 4.79 Å². The summed E-state index contributed by atoms with van der Waals surface area (Å²) < 4.78 is 28.7. The number of amides is 2. The number of carbonyl (C=O) groups excluding carboxylic acids is 1. The predicted octanol–water partition coefficient (Wildman–Crippen LogP) is 0.662. The summed E-state index contributed by atoms with van der Waals surface area (Å²) in [5.41, 5.74) is -0.445. The SMILES string of the molecule is C=C1C=CN(C2OC(C3CC3P(=O)(O)O)C(OP(C)(O)=S)C2OC)C(=O)N1. The van der Waals surface area contributed by atoms with Crippen LogP contribution in [0.25, 0.3) is 0 Å². The minimum atomic E-state index is -4.29. The van der Waals surface area contributed by atoms with Crippen molar-refractivity contribution in [3.8, 4) is 0 Å². The molecule has 2 amide bonds. The van der Waals surface area contributed by atoms with Crippen LogP contribution < -0.4 is 5.32 Å². The van der Waals surface area contributed by atoms with Gasteiger partial charge >= 0.3 is 13.6 Å². The average molecular weight is 440 g/mol. The van der Waals surface area contributed by atoms with Crippen molar-refractivity contribution in [2.45, 2.75) is 36.6 Å². The largest absolute Gasteiger partial charge is 0.374 e. The Hall–Kier alpha value is -0.610. The Balaban J connectivity index is 1.89. The van der Waals surface area contributed by atoms with Crippen molar-refractivity contribution < 1.29 is 38.0 Å². The molecule has 0 spiro atoms. The Morgan fingerprint density at radius 2 is 2.07 bits per heavy atom. The lowest BCUT2D eigenvalue weighted by Gasteiger charge is -2.32. The summed E-state index contributed by atoms with van der Waals surface area (Å²) in [5, 5.41) is 2.55. The summed E-state index contributed by atoms with van der Waals surface area (Å²) in [5.74, 6) is -0.494. The zero-order chi connectivity index (χ0) is 20.1. The van der Waals surface area contributed by atoms with Gasteiger partial charge in [-0.1, -0.05) is 6.58 Å². The van der Waals surface area contributed by atoms with Crippen molar-refractivity contribution in [2.24, 2.45) is 5.92 Å². The molecule has 1 aliphatic carbocycles. The first-order valence-corrected chi connectivity index (χ1v) is 12.9. The summed E-state index contributed by atoms with van der Waals surface area (Å²) in [6.07, 6.45) is -0.113. The van der Waals surface area contributed by atoms with Crippen molar-refractivity contribution >= 4 is 31.9 Å². The molecule has 1 saturated heterocycles. The van der Waals surface area contributed by atoms with Crippen LogP contribution in [0.3, 0.4) is 0 Å². The van der Waals surface area contributed by atoms with Crippen LogP contribution in [0.2, 0.25) is 0 Å². The molecular formula is C14H22N2O8P2S. The molecule has 7 unspecified atom stereocenters. The molecule has 1 saturated carbocycles. The summed E-state index contributed by atoms with van der Waals surface area (Å²) in [4.78, 5) is 42.5. The lowest BCUT2D eigenvalue weighted by atomic mass is 10.1. The minimum absolute atomic E-state index is 0.245. The van der Waals surface area contributed by atoms with E-state index in [0.29, 0.717) is 5.70 Å². The standard InChI is InChI=1S/C14H22N2O8P2S/c1-7-4-5-16(14(17)15-7)13-12(22-2)11(24-25(3,18)27)10(23-13)8-6-9(8)26(19,20)21/h4-5,8-13H,1,6H2,2-3H3,(H,15,17)(H,18,27)(H2,19,20,21). The molecule has 3 rings (SSSR count). The van der Waals surface area contributed by atoms with Crippen LogP contribution in [-0.4, -0.2) is 69.6 Å². The van der Waals surface area contributed by atoms with Gasteiger partial charge < -0.3 is 34.0 Å². The number of hydrogen-bond acceptors (Lipinski definition) is 6. The van der Waals surface area contributed by atoms with Gasteiger partial charge in [-0.3, -0.25) is 9.46 Å². The molecule has 3 aliphatic rings. The van der Waals surface area contributed by atoms with Gasteiger partial charge in [-0.2, -0.15) is 0 Å². The highest BCUT2D eigenvalue weighted by Gasteiger charge is 2.62. The van der Waals surface area contributed by atoms with Crippen molar-refractivity contribution in [3.63, 3.8) is 0 Å². The van der Waals surface area contributed by atoms with Gasteiger partial charge in [-0.15, -0.1) is 0 Å². The van der Waals surface area contributed by atoms with Gasteiger partial charge in [0.25, 0.3) is 0 Å². The molecule has 0 bridgehead atoms. The van der Waals surface area contributed by atoms with Crippen LogP contribution >= 0.6 is 14.1 Å². The third-order valence-corrected chi connectivity index (χ3v) is 7.04. The first-order chi connectivity index (χ1) is 12.4. The highest BCUT2D eigenvalue weighted by Crippen LogP contribution is 2.62. The molecule has 2 heterocycles. The Morgan fingerprint density at radius 3 is 2.56 bits per heavy atom. The van der Waals surface area contributed by atoms with Gasteiger partial charge in [0.2, 0.25) is 0 Å². The van der Waals surface area contributed by atoms with Crippen LogP contribution in [0.5, 0.6) is 0 Å². The number of ether oxygens (including phenoxy) is 2. The zero-order valence-electron chi connectivity index (χ0n) is 14.7. The molecular weight excluding hydrogens is 418 g/mol. The summed E-state index contributed by atoms with van der Waals surface area (Å²) in [7, 11) is -2.89. The molecule has 0 radical (unpaired) electrons. The van der Waals surface area contributed by atoms with Gasteiger partial charge in [-0.05, 0) is 24.3 Å². The number of methoxy groups -OCH3 is 1. The monoisotopic (exact) mass is 440 g/mol. The van der Waals surface area contributed by atoms with E-state index >= 15 is 0 Å². The number of carbonyl (C=O) groups is 1. The average Bonchev–Trinajstić information content (AvgIpc) is 3.24. The van der Waals surface area contributed by atoms with Crippen LogP contribution in [0.15, 0.2) is 24.6 Å². The summed E-state index contributed by atoms with van der Waals surface area (Å²) in [6.45, 7) is 1.87. The smallest absolute Gasteiger partial charge is 0.328 e. The van der Waals surface area contributed by atoms with E-state index in [1.165, 1.54) is 24.9 Å². The molecule has 13 heteroatoms. The second kappa shape index (κ2) is 7.33. The topological polar surface area (TPSA) is 138 Å². The summed E-state index contributed by atoms with van der Waals surface area (Å²) in [6, 6.07) is -0.490. The lowest BCUT2D eigenvalue weighted by Crippen LogP contribution is -2.50. The van der Waals surface area contributed by atoms with Crippen molar-refractivity contribution in [1.29, 1.82) is 0 Å². The van der Waals surface area contributed by atoms with Crippen LogP contribution in [0.1, 0.15) is 6.42 Å². The predicted molar refractivity (Wildman–Crippen MR) is 99.3 cm³/mol.